The van der Waals surface area contributed by atoms with Crippen LogP contribution in [0.2, 0.25) is 0 Å². The van der Waals surface area contributed by atoms with E-state index in [2.05, 4.69) is 45.1 Å². The number of ether oxygens (including phenoxy) is 1. The molecule has 0 radical (unpaired) electrons. The number of hydrogen-bond donors (Lipinski definition) is 1. The van der Waals surface area contributed by atoms with Gasteiger partial charge in [-0.2, -0.15) is 0 Å². The van der Waals surface area contributed by atoms with Crippen molar-refractivity contribution in [1.29, 1.82) is 0 Å². The standard InChI is InChI=1S/C17H34N2O/c1-6-20-15-11-14(17(15)9-7-8-10-17)18-12-16(2,3)13-19(4)5/h14-15,18H,6-13H2,1-5H3. The summed E-state index contributed by atoms with van der Waals surface area (Å²) < 4.78 is 5.99. The van der Waals surface area contributed by atoms with Gasteiger partial charge in [0, 0.05) is 31.2 Å². The lowest BCUT2D eigenvalue weighted by Gasteiger charge is -2.55. The first-order valence-electron chi connectivity index (χ1n) is 8.39. The number of hydrogen-bond acceptors (Lipinski definition) is 3. The highest BCUT2D eigenvalue weighted by molar-refractivity contribution is 5.10. The Morgan fingerprint density at radius 2 is 1.90 bits per heavy atom. The summed E-state index contributed by atoms with van der Waals surface area (Å²) in [6.45, 7) is 9.96. The van der Waals surface area contributed by atoms with Crippen LogP contribution in [0.3, 0.4) is 0 Å². The minimum absolute atomic E-state index is 0.333. The highest BCUT2D eigenvalue weighted by atomic mass is 16.5. The second-order valence-corrected chi connectivity index (χ2v) is 7.96. The van der Waals surface area contributed by atoms with Gasteiger partial charge >= 0.3 is 0 Å². The predicted molar refractivity (Wildman–Crippen MR) is 85.1 cm³/mol. The van der Waals surface area contributed by atoms with Crippen molar-refractivity contribution in [3.8, 4) is 0 Å². The van der Waals surface area contributed by atoms with Gasteiger partial charge in [0.05, 0.1) is 6.10 Å². The molecule has 0 aromatic heterocycles. The first-order chi connectivity index (χ1) is 9.39. The molecule has 2 fully saturated rings. The smallest absolute Gasteiger partial charge is 0.0661 e. The van der Waals surface area contributed by atoms with Gasteiger partial charge in [0.25, 0.3) is 0 Å². The van der Waals surface area contributed by atoms with E-state index in [4.69, 9.17) is 4.74 Å². The number of nitrogens with zero attached hydrogens (tertiary/aromatic N) is 1. The Morgan fingerprint density at radius 1 is 1.25 bits per heavy atom. The third kappa shape index (κ3) is 3.37. The van der Waals surface area contributed by atoms with Crippen molar-refractivity contribution in [3.05, 3.63) is 0 Å². The molecule has 0 heterocycles. The van der Waals surface area contributed by atoms with E-state index in [0.29, 0.717) is 23.0 Å². The quantitative estimate of drug-likeness (QED) is 0.777. The molecule has 1 N–H and O–H groups in total. The number of rotatable bonds is 7. The zero-order valence-electron chi connectivity index (χ0n) is 14.2. The van der Waals surface area contributed by atoms with E-state index < -0.39 is 0 Å². The Balaban J connectivity index is 1.87. The summed E-state index contributed by atoms with van der Waals surface area (Å²) in [5, 5.41) is 3.88. The molecule has 0 saturated heterocycles. The van der Waals surface area contributed by atoms with Crippen molar-refractivity contribution >= 4 is 0 Å². The van der Waals surface area contributed by atoms with Crippen LogP contribution in [0.1, 0.15) is 52.9 Å². The monoisotopic (exact) mass is 282 g/mol. The third-order valence-corrected chi connectivity index (χ3v) is 5.26. The molecule has 0 amide bonds. The van der Waals surface area contributed by atoms with Crippen LogP contribution >= 0.6 is 0 Å². The highest BCUT2D eigenvalue weighted by Crippen LogP contribution is 2.54. The van der Waals surface area contributed by atoms with E-state index in [1.807, 2.05) is 0 Å². The first-order valence-corrected chi connectivity index (χ1v) is 8.39. The van der Waals surface area contributed by atoms with Gasteiger partial charge in [0.1, 0.15) is 0 Å². The molecule has 2 aliphatic carbocycles. The molecule has 118 valence electrons. The fourth-order valence-electron chi connectivity index (χ4n) is 4.48. The summed E-state index contributed by atoms with van der Waals surface area (Å²) in [6, 6.07) is 0.683. The Hall–Kier alpha value is -0.120. The van der Waals surface area contributed by atoms with Gasteiger partial charge < -0.3 is 15.0 Å². The molecule has 2 saturated carbocycles. The zero-order valence-corrected chi connectivity index (χ0v) is 14.2. The predicted octanol–water partition coefficient (Wildman–Crippen LogP) is 2.90. The zero-order chi connectivity index (χ0) is 14.8. The molecule has 2 rings (SSSR count). The minimum atomic E-state index is 0.333. The molecule has 1 spiro atoms. The van der Waals surface area contributed by atoms with Crippen LogP contribution in [0.25, 0.3) is 0 Å². The maximum absolute atomic E-state index is 5.99. The molecule has 0 aromatic carbocycles. The lowest BCUT2D eigenvalue weighted by molar-refractivity contribution is -0.131. The molecule has 2 aliphatic rings. The number of nitrogens with one attached hydrogen (secondary N) is 1. The van der Waals surface area contributed by atoms with E-state index in [1.165, 1.54) is 32.1 Å². The Kier molecular flexibility index (Phi) is 5.14. The van der Waals surface area contributed by atoms with E-state index in [1.54, 1.807) is 0 Å². The van der Waals surface area contributed by atoms with Crippen molar-refractivity contribution in [2.24, 2.45) is 10.8 Å². The van der Waals surface area contributed by atoms with E-state index in [0.717, 1.165) is 19.7 Å². The van der Waals surface area contributed by atoms with Crippen molar-refractivity contribution in [2.45, 2.75) is 65.0 Å². The molecule has 2 atom stereocenters. The van der Waals surface area contributed by atoms with Crippen LogP contribution in [0.5, 0.6) is 0 Å². The van der Waals surface area contributed by atoms with Crippen molar-refractivity contribution < 1.29 is 4.74 Å². The maximum atomic E-state index is 5.99. The normalized spacial score (nSPS) is 29.1. The molecule has 0 bridgehead atoms. The molecule has 2 unspecified atom stereocenters. The van der Waals surface area contributed by atoms with Crippen molar-refractivity contribution in [1.82, 2.24) is 10.2 Å². The summed E-state index contributed by atoms with van der Waals surface area (Å²) in [4.78, 5) is 2.29. The first kappa shape index (κ1) is 16.3. The van der Waals surface area contributed by atoms with Crippen molar-refractivity contribution in [3.63, 3.8) is 0 Å². The summed E-state index contributed by atoms with van der Waals surface area (Å²) in [6.07, 6.45) is 7.24. The lowest BCUT2D eigenvalue weighted by Crippen LogP contribution is -2.63. The molecule has 20 heavy (non-hydrogen) atoms. The highest BCUT2D eigenvalue weighted by Gasteiger charge is 2.56. The summed E-state index contributed by atoms with van der Waals surface area (Å²) in [5.41, 5.74) is 0.796. The second-order valence-electron chi connectivity index (χ2n) is 7.96. The summed E-state index contributed by atoms with van der Waals surface area (Å²) in [7, 11) is 4.32. The van der Waals surface area contributed by atoms with Crippen molar-refractivity contribution in [2.75, 3.05) is 33.8 Å². The largest absolute Gasteiger partial charge is 0.378 e. The van der Waals surface area contributed by atoms with Gasteiger partial charge in [0.2, 0.25) is 0 Å². The second kappa shape index (κ2) is 6.33. The third-order valence-electron chi connectivity index (χ3n) is 5.26. The van der Waals surface area contributed by atoms with Crippen LogP contribution in [0.15, 0.2) is 0 Å². The Labute approximate surface area is 125 Å². The van der Waals surface area contributed by atoms with E-state index >= 15 is 0 Å². The molecule has 3 heteroatoms. The average molecular weight is 282 g/mol. The van der Waals surface area contributed by atoms with Crippen LogP contribution in [-0.4, -0.2) is 50.8 Å². The van der Waals surface area contributed by atoms with Crippen LogP contribution in [0.4, 0.5) is 0 Å². The Morgan fingerprint density at radius 3 is 2.45 bits per heavy atom. The average Bonchev–Trinajstić information content (AvgIpc) is 2.83. The van der Waals surface area contributed by atoms with Crippen LogP contribution < -0.4 is 5.32 Å². The maximum Gasteiger partial charge on any atom is 0.0661 e. The van der Waals surface area contributed by atoms with Gasteiger partial charge in [0.15, 0.2) is 0 Å². The minimum Gasteiger partial charge on any atom is -0.378 e. The molecule has 0 aliphatic heterocycles. The Bertz CT molecular complexity index is 308. The summed E-state index contributed by atoms with van der Waals surface area (Å²) >= 11 is 0. The van der Waals surface area contributed by atoms with E-state index in [9.17, 15) is 0 Å². The van der Waals surface area contributed by atoms with Crippen LogP contribution in [0, 0.1) is 10.8 Å². The van der Waals surface area contributed by atoms with Gasteiger partial charge in [-0.1, -0.05) is 26.7 Å². The van der Waals surface area contributed by atoms with Gasteiger partial charge in [-0.05, 0) is 45.7 Å². The van der Waals surface area contributed by atoms with Gasteiger partial charge in [-0.25, -0.2) is 0 Å². The molecule has 0 aromatic rings. The topological polar surface area (TPSA) is 24.5 Å². The fraction of sp³-hybridized carbons (Fsp3) is 1.00. The van der Waals surface area contributed by atoms with Gasteiger partial charge in [-0.15, -0.1) is 0 Å². The van der Waals surface area contributed by atoms with E-state index in [-0.39, 0.29) is 0 Å². The lowest BCUT2D eigenvalue weighted by atomic mass is 9.60. The molecular weight excluding hydrogens is 248 g/mol. The molecular formula is C17H34N2O. The fourth-order valence-corrected chi connectivity index (χ4v) is 4.48. The molecule has 3 nitrogen and oxygen atoms in total. The summed E-state index contributed by atoms with van der Waals surface area (Å²) in [5.74, 6) is 0. The SMILES string of the molecule is CCOC1CC(NCC(C)(C)CN(C)C)C12CCCC2. The van der Waals surface area contributed by atoms with Gasteiger partial charge in [-0.3, -0.25) is 0 Å². The van der Waals surface area contributed by atoms with Crippen LogP contribution in [-0.2, 0) is 4.74 Å².